The molecular formula is C21H33N3O4. The van der Waals surface area contributed by atoms with Crippen LogP contribution in [0.1, 0.15) is 57.3 Å². The third-order valence-corrected chi connectivity index (χ3v) is 4.46. The summed E-state index contributed by atoms with van der Waals surface area (Å²) in [4.78, 5) is 15.1. The molecule has 1 aromatic carbocycles. The minimum Gasteiger partial charge on any atom is -0.490 e. The van der Waals surface area contributed by atoms with Crippen LogP contribution >= 0.6 is 0 Å². The van der Waals surface area contributed by atoms with Crippen molar-refractivity contribution in [2.75, 3.05) is 39.5 Å². The lowest BCUT2D eigenvalue weighted by Crippen LogP contribution is -2.35. The Kier molecular flexibility index (Phi) is 9.07. The van der Waals surface area contributed by atoms with E-state index in [1.54, 1.807) is 12.1 Å². The summed E-state index contributed by atoms with van der Waals surface area (Å²) < 4.78 is 17.0. The van der Waals surface area contributed by atoms with Crippen molar-refractivity contribution in [2.24, 2.45) is 5.10 Å². The van der Waals surface area contributed by atoms with Gasteiger partial charge in [0.1, 0.15) is 0 Å². The Balaban J connectivity index is 2.12. The predicted octanol–water partition coefficient (Wildman–Crippen LogP) is 3.47. The summed E-state index contributed by atoms with van der Waals surface area (Å²) in [6.45, 7) is 12.4. The molecule has 1 fully saturated rings. The number of likely N-dealkylation sites (tertiary alicyclic amines) is 1. The first-order chi connectivity index (χ1) is 13.6. The minimum atomic E-state index is -0.284. The van der Waals surface area contributed by atoms with Gasteiger partial charge in [0.15, 0.2) is 11.5 Å². The zero-order chi connectivity index (χ0) is 20.4. The molecule has 1 aliphatic heterocycles. The van der Waals surface area contributed by atoms with E-state index in [-0.39, 0.29) is 5.91 Å². The van der Waals surface area contributed by atoms with Crippen LogP contribution in [-0.2, 0) is 0 Å². The zero-order valence-electron chi connectivity index (χ0n) is 17.5. The van der Waals surface area contributed by atoms with Gasteiger partial charge in [-0.1, -0.05) is 6.92 Å². The lowest BCUT2D eigenvalue weighted by Gasteiger charge is -2.26. The number of amides is 1. The smallest absolute Gasteiger partial charge is 0.271 e. The fourth-order valence-corrected chi connectivity index (χ4v) is 3.18. The van der Waals surface area contributed by atoms with E-state index in [0.717, 1.165) is 44.6 Å². The molecule has 1 heterocycles. The zero-order valence-corrected chi connectivity index (χ0v) is 17.5. The van der Waals surface area contributed by atoms with E-state index in [9.17, 15) is 4.79 Å². The van der Waals surface area contributed by atoms with Crippen LogP contribution in [0.15, 0.2) is 17.2 Å². The van der Waals surface area contributed by atoms with Crippen LogP contribution in [-0.4, -0.2) is 56.0 Å². The lowest BCUT2D eigenvalue weighted by molar-refractivity contribution is 0.0953. The minimum absolute atomic E-state index is 0.284. The fourth-order valence-electron chi connectivity index (χ4n) is 3.18. The van der Waals surface area contributed by atoms with Gasteiger partial charge in [-0.05, 0) is 45.9 Å². The standard InChI is InChI=1S/C21H33N3O4/c1-5-11-24-12-9-17(10-13-24)22-23-21(25)16-14-18(26-6-2)20(28-8-4)19(15-16)27-7-3/h14-15H,5-13H2,1-4H3,(H,23,25). The molecule has 28 heavy (non-hydrogen) atoms. The van der Waals surface area contributed by atoms with Crippen molar-refractivity contribution in [3.05, 3.63) is 17.7 Å². The Bertz CT molecular complexity index is 639. The second-order valence-corrected chi connectivity index (χ2v) is 6.56. The topological polar surface area (TPSA) is 72.4 Å². The Morgan fingerprint density at radius 3 is 2.07 bits per heavy atom. The molecule has 1 aliphatic rings. The van der Waals surface area contributed by atoms with Gasteiger partial charge in [-0.25, -0.2) is 5.43 Å². The highest BCUT2D eigenvalue weighted by Gasteiger charge is 2.19. The van der Waals surface area contributed by atoms with Crippen LogP contribution in [0.2, 0.25) is 0 Å². The largest absolute Gasteiger partial charge is 0.490 e. The summed E-state index contributed by atoms with van der Waals surface area (Å²) >= 11 is 0. The Labute approximate surface area is 168 Å². The van der Waals surface area contributed by atoms with E-state index in [1.165, 1.54) is 0 Å². The molecule has 1 aromatic rings. The summed E-state index contributed by atoms with van der Waals surface area (Å²) in [5.41, 5.74) is 4.15. The monoisotopic (exact) mass is 391 g/mol. The molecule has 156 valence electrons. The van der Waals surface area contributed by atoms with Gasteiger partial charge in [0.25, 0.3) is 5.91 Å². The van der Waals surface area contributed by atoms with Gasteiger partial charge in [-0.3, -0.25) is 4.79 Å². The number of nitrogens with one attached hydrogen (secondary N) is 1. The van der Waals surface area contributed by atoms with Gasteiger partial charge in [0, 0.05) is 37.2 Å². The Hall–Kier alpha value is -2.28. The summed E-state index contributed by atoms with van der Waals surface area (Å²) in [7, 11) is 0. The van der Waals surface area contributed by atoms with Gasteiger partial charge in [0.05, 0.1) is 19.8 Å². The number of hydrogen-bond acceptors (Lipinski definition) is 6. The molecule has 2 rings (SSSR count). The molecule has 1 amide bonds. The molecule has 0 radical (unpaired) electrons. The normalized spacial score (nSPS) is 14.5. The molecule has 1 saturated heterocycles. The molecule has 0 bridgehead atoms. The maximum Gasteiger partial charge on any atom is 0.271 e. The lowest BCUT2D eigenvalue weighted by atomic mass is 10.1. The van der Waals surface area contributed by atoms with E-state index in [2.05, 4.69) is 22.4 Å². The number of hydrazone groups is 1. The van der Waals surface area contributed by atoms with Crippen LogP contribution in [0.5, 0.6) is 17.2 Å². The van der Waals surface area contributed by atoms with Gasteiger partial charge in [0.2, 0.25) is 5.75 Å². The van der Waals surface area contributed by atoms with Crippen molar-refractivity contribution in [3.63, 3.8) is 0 Å². The molecule has 0 saturated carbocycles. The van der Waals surface area contributed by atoms with Crippen molar-refractivity contribution in [1.29, 1.82) is 0 Å². The van der Waals surface area contributed by atoms with E-state index >= 15 is 0 Å². The third-order valence-electron chi connectivity index (χ3n) is 4.46. The summed E-state index contributed by atoms with van der Waals surface area (Å²) in [6, 6.07) is 3.35. The first kappa shape index (κ1) is 22.0. The highest BCUT2D eigenvalue weighted by Crippen LogP contribution is 2.39. The van der Waals surface area contributed by atoms with Gasteiger partial charge >= 0.3 is 0 Å². The maximum absolute atomic E-state index is 12.7. The highest BCUT2D eigenvalue weighted by molar-refractivity contribution is 5.96. The number of hydrogen-bond donors (Lipinski definition) is 1. The van der Waals surface area contributed by atoms with E-state index in [1.807, 2.05) is 20.8 Å². The van der Waals surface area contributed by atoms with Crippen LogP contribution in [0.25, 0.3) is 0 Å². The van der Waals surface area contributed by atoms with Crippen molar-refractivity contribution in [1.82, 2.24) is 10.3 Å². The second-order valence-electron chi connectivity index (χ2n) is 6.56. The average molecular weight is 392 g/mol. The van der Waals surface area contributed by atoms with E-state index in [0.29, 0.717) is 42.6 Å². The maximum atomic E-state index is 12.7. The van der Waals surface area contributed by atoms with Crippen LogP contribution in [0.4, 0.5) is 0 Å². The summed E-state index contributed by atoms with van der Waals surface area (Å²) in [6.07, 6.45) is 2.93. The van der Waals surface area contributed by atoms with Gasteiger partial charge in [-0.2, -0.15) is 5.10 Å². The van der Waals surface area contributed by atoms with E-state index in [4.69, 9.17) is 14.2 Å². The summed E-state index contributed by atoms with van der Waals surface area (Å²) in [5.74, 6) is 1.24. The van der Waals surface area contributed by atoms with Gasteiger partial charge in [-0.15, -0.1) is 0 Å². The third kappa shape index (κ3) is 6.12. The van der Waals surface area contributed by atoms with E-state index < -0.39 is 0 Å². The number of benzene rings is 1. The number of rotatable bonds is 10. The van der Waals surface area contributed by atoms with Crippen molar-refractivity contribution in [2.45, 2.75) is 47.0 Å². The fraction of sp³-hybridized carbons (Fsp3) is 0.619. The number of carbonyl (C=O) groups excluding carboxylic acids is 1. The highest BCUT2D eigenvalue weighted by atomic mass is 16.5. The molecule has 7 nitrogen and oxygen atoms in total. The first-order valence-electron chi connectivity index (χ1n) is 10.3. The van der Waals surface area contributed by atoms with Crippen LogP contribution in [0, 0.1) is 0 Å². The Morgan fingerprint density at radius 1 is 1.00 bits per heavy atom. The SMILES string of the molecule is CCCN1CCC(=NNC(=O)c2cc(OCC)c(OCC)c(OCC)c2)CC1. The molecule has 0 spiro atoms. The quantitative estimate of drug-likeness (QED) is 0.618. The molecule has 0 aromatic heterocycles. The van der Waals surface area contributed by atoms with Crippen molar-refractivity contribution < 1.29 is 19.0 Å². The molecule has 7 heteroatoms. The second kappa shape index (κ2) is 11.5. The predicted molar refractivity (Wildman–Crippen MR) is 111 cm³/mol. The molecule has 0 aliphatic carbocycles. The van der Waals surface area contributed by atoms with Gasteiger partial charge < -0.3 is 19.1 Å². The number of ether oxygens (including phenoxy) is 3. The number of carbonyl (C=O) groups is 1. The van der Waals surface area contributed by atoms with Crippen LogP contribution in [0.3, 0.4) is 0 Å². The number of nitrogens with zero attached hydrogens (tertiary/aromatic N) is 2. The van der Waals surface area contributed by atoms with Crippen LogP contribution < -0.4 is 19.6 Å². The van der Waals surface area contributed by atoms with Crippen molar-refractivity contribution >= 4 is 11.6 Å². The summed E-state index contributed by atoms with van der Waals surface area (Å²) in [5, 5.41) is 4.34. The molecule has 0 atom stereocenters. The molecule has 1 N–H and O–H groups in total. The first-order valence-corrected chi connectivity index (χ1v) is 10.3. The molecule has 0 unspecified atom stereocenters. The number of piperidine rings is 1. The Morgan fingerprint density at radius 2 is 1.57 bits per heavy atom. The van der Waals surface area contributed by atoms with Crippen molar-refractivity contribution in [3.8, 4) is 17.2 Å². The molecular weight excluding hydrogens is 358 g/mol. The average Bonchev–Trinajstić information content (AvgIpc) is 2.70.